The van der Waals surface area contributed by atoms with Crippen LogP contribution in [0.2, 0.25) is 0 Å². The molecule has 0 rings (SSSR count). The number of hydrogen-bond donors (Lipinski definition) is 1. The van der Waals surface area contributed by atoms with E-state index in [-0.39, 0.29) is 0 Å². The summed E-state index contributed by atoms with van der Waals surface area (Å²) in [5.41, 5.74) is 0.775. The average Bonchev–Trinajstić information content (AvgIpc) is 2.12. The van der Waals surface area contributed by atoms with E-state index in [0.29, 0.717) is 10.8 Å². The van der Waals surface area contributed by atoms with Gasteiger partial charge in [0.1, 0.15) is 0 Å². The zero-order valence-electron chi connectivity index (χ0n) is 14.8. The van der Waals surface area contributed by atoms with Crippen LogP contribution in [-0.2, 0) is 0 Å². The summed E-state index contributed by atoms with van der Waals surface area (Å²) in [5.74, 6) is 0.734. The minimum absolute atomic E-state index is 0.382. The summed E-state index contributed by atoms with van der Waals surface area (Å²) in [4.78, 5) is 2.51. The van der Waals surface area contributed by atoms with Gasteiger partial charge in [-0.25, -0.2) is 0 Å². The number of rotatable bonds is 9. The molecule has 1 atom stereocenters. The van der Waals surface area contributed by atoms with Gasteiger partial charge in [0, 0.05) is 19.6 Å². The van der Waals surface area contributed by atoms with Gasteiger partial charge in [0.15, 0.2) is 0 Å². The molecule has 0 aliphatic rings. The Kier molecular flexibility index (Phi) is 8.23. The quantitative estimate of drug-likeness (QED) is 0.681. The lowest BCUT2D eigenvalue weighted by atomic mass is 9.84. The van der Waals surface area contributed by atoms with Gasteiger partial charge in [-0.1, -0.05) is 54.9 Å². The fourth-order valence-electron chi connectivity index (χ4n) is 3.01. The van der Waals surface area contributed by atoms with Gasteiger partial charge < -0.3 is 10.2 Å². The maximum atomic E-state index is 3.65. The van der Waals surface area contributed by atoms with Crippen molar-refractivity contribution in [1.82, 2.24) is 10.2 Å². The summed E-state index contributed by atoms with van der Waals surface area (Å²) in [6.07, 6.45) is 2.57. The van der Waals surface area contributed by atoms with Crippen LogP contribution in [0.4, 0.5) is 0 Å². The van der Waals surface area contributed by atoms with Crippen LogP contribution in [-0.4, -0.2) is 38.1 Å². The molecule has 0 aliphatic carbocycles. The summed E-state index contributed by atoms with van der Waals surface area (Å²) < 4.78 is 0. The van der Waals surface area contributed by atoms with E-state index in [1.807, 2.05) is 0 Å². The van der Waals surface area contributed by atoms with Crippen LogP contribution in [0.5, 0.6) is 0 Å². The van der Waals surface area contributed by atoms with Crippen LogP contribution in [0.3, 0.4) is 0 Å². The third-order valence-corrected chi connectivity index (χ3v) is 3.35. The standard InChI is InChI=1S/C17H38N2/c1-9-10-17(7,12-18-11-15(2)3)14-19(8)13-16(4,5)6/h15,18H,9-14H2,1-8H3. The maximum Gasteiger partial charge on any atom is 0.00447 e. The highest BCUT2D eigenvalue weighted by Gasteiger charge is 2.26. The van der Waals surface area contributed by atoms with Gasteiger partial charge in [-0.05, 0) is 36.8 Å². The van der Waals surface area contributed by atoms with Crippen molar-refractivity contribution in [2.75, 3.05) is 33.2 Å². The van der Waals surface area contributed by atoms with Crippen LogP contribution in [0.1, 0.15) is 61.3 Å². The zero-order valence-corrected chi connectivity index (χ0v) is 14.8. The molecule has 1 unspecified atom stereocenters. The Bertz CT molecular complexity index is 230. The third kappa shape index (κ3) is 10.4. The molecule has 0 spiro atoms. The molecule has 0 heterocycles. The molecule has 0 saturated heterocycles. The minimum Gasteiger partial charge on any atom is -0.316 e. The fourth-order valence-corrected chi connectivity index (χ4v) is 3.01. The molecule has 19 heavy (non-hydrogen) atoms. The molecule has 0 fully saturated rings. The third-order valence-electron chi connectivity index (χ3n) is 3.35. The van der Waals surface area contributed by atoms with Gasteiger partial charge in [-0.15, -0.1) is 0 Å². The molecule has 0 bridgehead atoms. The van der Waals surface area contributed by atoms with Gasteiger partial charge in [-0.3, -0.25) is 0 Å². The van der Waals surface area contributed by atoms with E-state index in [9.17, 15) is 0 Å². The summed E-state index contributed by atoms with van der Waals surface area (Å²) >= 11 is 0. The highest BCUT2D eigenvalue weighted by molar-refractivity contribution is 4.81. The molecule has 0 radical (unpaired) electrons. The first kappa shape index (κ1) is 18.9. The molecular formula is C17H38N2. The molecule has 2 heteroatoms. The Morgan fingerprint density at radius 3 is 2.05 bits per heavy atom. The van der Waals surface area contributed by atoms with Crippen molar-refractivity contribution in [2.24, 2.45) is 16.7 Å². The van der Waals surface area contributed by atoms with Crippen molar-refractivity contribution in [2.45, 2.75) is 61.3 Å². The number of nitrogens with one attached hydrogen (secondary N) is 1. The molecule has 0 aromatic carbocycles. The van der Waals surface area contributed by atoms with Gasteiger partial charge in [0.25, 0.3) is 0 Å². The van der Waals surface area contributed by atoms with Crippen molar-refractivity contribution in [3.63, 3.8) is 0 Å². The Morgan fingerprint density at radius 1 is 1.05 bits per heavy atom. The molecular weight excluding hydrogens is 232 g/mol. The van der Waals surface area contributed by atoms with Gasteiger partial charge in [0.2, 0.25) is 0 Å². The van der Waals surface area contributed by atoms with Crippen molar-refractivity contribution in [1.29, 1.82) is 0 Å². The lowest BCUT2D eigenvalue weighted by Gasteiger charge is -2.37. The number of nitrogens with zero attached hydrogens (tertiary/aromatic N) is 1. The van der Waals surface area contributed by atoms with E-state index in [0.717, 1.165) is 25.6 Å². The predicted molar refractivity (Wildman–Crippen MR) is 87.7 cm³/mol. The van der Waals surface area contributed by atoms with Gasteiger partial charge in [0.05, 0.1) is 0 Å². The first-order valence-electron chi connectivity index (χ1n) is 7.97. The molecule has 116 valence electrons. The van der Waals surface area contributed by atoms with Crippen molar-refractivity contribution >= 4 is 0 Å². The van der Waals surface area contributed by atoms with Crippen LogP contribution >= 0.6 is 0 Å². The summed E-state index contributed by atoms with van der Waals surface area (Å²) in [7, 11) is 2.27. The van der Waals surface area contributed by atoms with Crippen LogP contribution < -0.4 is 5.32 Å². The van der Waals surface area contributed by atoms with Crippen LogP contribution in [0, 0.1) is 16.7 Å². The van der Waals surface area contributed by atoms with Crippen molar-refractivity contribution in [3.8, 4) is 0 Å². The Balaban J connectivity index is 4.35. The lowest BCUT2D eigenvalue weighted by molar-refractivity contribution is 0.138. The summed E-state index contributed by atoms with van der Waals surface area (Å²) in [6, 6.07) is 0. The summed E-state index contributed by atoms with van der Waals surface area (Å²) in [6.45, 7) is 20.8. The van der Waals surface area contributed by atoms with Gasteiger partial charge >= 0.3 is 0 Å². The molecule has 0 aromatic rings. The molecule has 2 nitrogen and oxygen atoms in total. The van der Waals surface area contributed by atoms with Crippen LogP contribution in [0.15, 0.2) is 0 Å². The van der Waals surface area contributed by atoms with Crippen LogP contribution in [0.25, 0.3) is 0 Å². The Morgan fingerprint density at radius 2 is 1.63 bits per heavy atom. The van der Waals surface area contributed by atoms with E-state index >= 15 is 0 Å². The first-order chi connectivity index (χ1) is 8.58. The predicted octanol–water partition coefficient (Wildman–Crippen LogP) is 4.02. The Labute approximate surface area is 122 Å². The van der Waals surface area contributed by atoms with Crippen molar-refractivity contribution in [3.05, 3.63) is 0 Å². The highest BCUT2D eigenvalue weighted by atomic mass is 15.1. The molecule has 0 amide bonds. The second kappa shape index (κ2) is 8.26. The monoisotopic (exact) mass is 270 g/mol. The smallest absolute Gasteiger partial charge is 0.00447 e. The topological polar surface area (TPSA) is 15.3 Å². The van der Waals surface area contributed by atoms with Gasteiger partial charge in [-0.2, -0.15) is 0 Å². The van der Waals surface area contributed by atoms with E-state index in [1.54, 1.807) is 0 Å². The van der Waals surface area contributed by atoms with Crippen molar-refractivity contribution < 1.29 is 0 Å². The Hall–Kier alpha value is -0.0800. The fraction of sp³-hybridized carbons (Fsp3) is 1.00. The molecule has 0 aliphatic heterocycles. The molecule has 0 aromatic heterocycles. The number of hydrogen-bond acceptors (Lipinski definition) is 2. The summed E-state index contributed by atoms with van der Waals surface area (Å²) in [5, 5.41) is 3.65. The SMILES string of the molecule is CCCC(C)(CNCC(C)C)CN(C)CC(C)(C)C. The second-order valence-electron chi connectivity index (χ2n) is 8.32. The minimum atomic E-state index is 0.382. The van der Waals surface area contributed by atoms with E-state index in [4.69, 9.17) is 0 Å². The molecule has 1 N–H and O–H groups in total. The molecule has 0 saturated carbocycles. The normalized spacial score (nSPS) is 16.1. The maximum absolute atomic E-state index is 3.65. The largest absolute Gasteiger partial charge is 0.316 e. The van der Waals surface area contributed by atoms with E-state index < -0.39 is 0 Å². The first-order valence-corrected chi connectivity index (χ1v) is 7.97. The van der Waals surface area contributed by atoms with E-state index in [2.05, 4.69) is 65.7 Å². The highest BCUT2D eigenvalue weighted by Crippen LogP contribution is 2.25. The second-order valence-corrected chi connectivity index (χ2v) is 8.32. The zero-order chi connectivity index (χ0) is 15.1. The van der Waals surface area contributed by atoms with E-state index in [1.165, 1.54) is 19.4 Å². The average molecular weight is 271 g/mol. The lowest BCUT2D eigenvalue weighted by Crippen LogP contribution is -2.43.